The van der Waals surface area contributed by atoms with Crippen molar-refractivity contribution in [3.63, 3.8) is 0 Å². The predicted octanol–water partition coefficient (Wildman–Crippen LogP) is 2.52. The van der Waals surface area contributed by atoms with Gasteiger partial charge in [0.25, 0.3) is 5.91 Å². The first kappa shape index (κ1) is 21.9. The number of carbonyl (C=O) groups is 2. The molecule has 3 rings (SSSR count). The molecule has 0 atom stereocenters. The fourth-order valence-corrected chi connectivity index (χ4v) is 5.25. The van der Waals surface area contributed by atoms with E-state index < -0.39 is 10.0 Å². The zero-order chi connectivity index (χ0) is 21.0. The molecule has 8 nitrogen and oxygen atoms in total. The van der Waals surface area contributed by atoms with E-state index in [0.29, 0.717) is 5.69 Å². The second-order valence-electron chi connectivity index (χ2n) is 7.49. The smallest absolute Gasteiger partial charge is 0.262 e. The number of nitrogens with zero attached hydrogens (tertiary/aromatic N) is 1. The summed E-state index contributed by atoms with van der Waals surface area (Å²) in [5.41, 5.74) is 0.315. The first-order chi connectivity index (χ1) is 13.8. The molecule has 0 spiro atoms. The van der Waals surface area contributed by atoms with Crippen molar-refractivity contribution in [2.45, 2.75) is 55.9 Å². The third-order valence-corrected chi connectivity index (χ3v) is 7.46. The van der Waals surface area contributed by atoms with Crippen LogP contribution in [0.5, 0.6) is 5.75 Å². The van der Waals surface area contributed by atoms with Gasteiger partial charge in [-0.15, -0.1) is 0 Å². The van der Waals surface area contributed by atoms with E-state index in [9.17, 15) is 18.0 Å². The van der Waals surface area contributed by atoms with Crippen LogP contribution >= 0.6 is 11.6 Å². The quantitative estimate of drug-likeness (QED) is 0.727. The Balaban J connectivity index is 1.68. The molecule has 1 saturated carbocycles. The monoisotopic (exact) mass is 443 g/mol. The van der Waals surface area contributed by atoms with Crippen LogP contribution in [0, 0.1) is 0 Å². The fraction of sp³-hybridized carbons (Fsp3) is 0.579. The number of rotatable bonds is 5. The van der Waals surface area contributed by atoms with Crippen molar-refractivity contribution in [1.29, 1.82) is 0 Å². The number of anilines is 1. The minimum atomic E-state index is -4.02. The number of amides is 2. The zero-order valence-corrected chi connectivity index (χ0v) is 17.9. The van der Waals surface area contributed by atoms with Crippen molar-refractivity contribution in [3.05, 3.63) is 17.2 Å². The summed E-state index contributed by atoms with van der Waals surface area (Å²) in [6, 6.07) is 2.70. The van der Waals surface area contributed by atoms with E-state index in [-0.39, 0.29) is 46.7 Å². The summed E-state index contributed by atoms with van der Waals surface area (Å²) in [5.74, 6) is -0.452. The lowest BCUT2D eigenvalue weighted by Crippen LogP contribution is -2.43. The molecule has 0 radical (unpaired) electrons. The highest BCUT2D eigenvalue weighted by Crippen LogP contribution is 2.36. The molecule has 1 aliphatic carbocycles. The van der Waals surface area contributed by atoms with E-state index >= 15 is 0 Å². The Bertz CT molecular complexity index is 882. The summed E-state index contributed by atoms with van der Waals surface area (Å²) in [7, 11) is -2.68. The molecule has 1 heterocycles. The highest BCUT2D eigenvalue weighted by molar-refractivity contribution is 7.89. The number of halogens is 1. The van der Waals surface area contributed by atoms with Gasteiger partial charge in [0, 0.05) is 19.2 Å². The van der Waals surface area contributed by atoms with Crippen molar-refractivity contribution in [2.24, 2.45) is 0 Å². The van der Waals surface area contributed by atoms with Crippen LogP contribution in [-0.4, -0.2) is 50.8 Å². The second kappa shape index (κ2) is 9.32. The lowest BCUT2D eigenvalue weighted by atomic mass is 9.97. The highest BCUT2D eigenvalue weighted by Gasteiger charge is 2.29. The largest absolute Gasteiger partial charge is 0.482 e. The number of likely N-dealkylation sites (N-methyl/N-ethyl adjacent to an activating group) is 1. The normalized spacial score (nSPS) is 18.2. The average molecular weight is 444 g/mol. The number of benzene rings is 1. The molecular formula is C19H26ClN3O5S. The van der Waals surface area contributed by atoms with Gasteiger partial charge in [-0.25, -0.2) is 8.42 Å². The number of ether oxygens (including phenoxy) is 1. The Kier molecular flexibility index (Phi) is 7.02. The number of carbonyl (C=O) groups excluding carboxylic acids is 2. The maximum absolute atomic E-state index is 12.9. The van der Waals surface area contributed by atoms with Crippen LogP contribution in [-0.2, 0) is 19.6 Å². The van der Waals surface area contributed by atoms with Crippen LogP contribution in [0.1, 0.15) is 44.9 Å². The maximum atomic E-state index is 12.9. The van der Waals surface area contributed by atoms with Gasteiger partial charge in [0.2, 0.25) is 15.9 Å². The lowest BCUT2D eigenvalue weighted by Gasteiger charge is -2.24. The maximum Gasteiger partial charge on any atom is 0.262 e. The molecule has 0 bridgehead atoms. The van der Waals surface area contributed by atoms with Gasteiger partial charge in [0.05, 0.1) is 17.3 Å². The molecule has 0 unspecified atom stereocenters. The molecule has 160 valence electrons. The molecule has 2 N–H and O–H groups in total. The van der Waals surface area contributed by atoms with Crippen molar-refractivity contribution in [3.8, 4) is 5.75 Å². The van der Waals surface area contributed by atoms with E-state index in [1.807, 2.05) is 0 Å². The van der Waals surface area contributed by atoms with E-state index in [1.54, 1.807) is 0 Å². The summed E-state index contributed by atoms with van der Waals surface area (Å²) in [5, 5.41) is 5.48. The molecular weight excluding hydrogens is 418 g/mol. The third kappa shape index (κ3) is 5.40. The highest BCUT2D eigenvalue weighted by atomic mass is 35.5. The average Bonchev–Trinajstić information content (AvgIpc) is 2.62. The van der Waals surface area contributed by atoms with Gasteiger partial charge >= 0.3 is 0 Å². The number of nitrogens with one attached hydrogen (secondary N) is 2. The van der Waals surface area contributed by atoms with Crippen molar-refractivity contribution >= 4 is 39.1 Å². The summed E-state index contributed by atoms with van der Waals surface area (Å²) >= 11 is 6.15. The molecule has 0 aromatic heterocycles. The Morgan fingerprint density at radius 2 is 1.90 bits per heavy atom. The standard InChI is InChI=1S/C19H26ClN3O5S/c1-23(11-18(24)21-13-7-5-3-2-4-6-8-13)29(26,27)17-10-16-15(9-14(17)20)22-19(25)12-28-16/h9-10,13H,2-8,11-12H2,1H3,(H,21,24)(H,22,25). The molecule has 1 aromatic rings. The number of hydrogen-bond acceptors (Lipinski definition) is 5. The van der Waals surface area contributed by atoms with Crippen molar-refractivity contribution < 1.29 is 22.7 Å². The van der Waals surface area contributed by atoms with Crippen molar-refractivity contribution in [1.82, 2.24) is 9.62 Å². The Morgan fingerprint density at radius 3 is 2.59 bits per heavy atom. The van der Waals surface area contributed by atoms with Gasteiger partial charge < -0.3 is 15.4 Å². The number of hydrogen-bond donors (Lipinski definition) is 2. The van der Waals surface area contributed by atoms with Crippen LogP contribution < -0.4 is 15.4 Å². The van der Waals surface area contributed by atoms with Crippen LogP contribution in [0.25, 0.3) is 0 Å². The fourth-order valence-electron chi connectivity index (χ4n) is 3.61. The number of sulfonamides is 1. The lowest BCUT2D eigenvalue weighted by molar-refractivity contribution is -0.122. The second-order valence-corrected chi connectivity index (χ2v) is 9.91. The zero-order valence-electron chi connectivity index (χ0n) is 16.4. The van der Waals surface area contributed by atoms with E-state index in [2.05, 4.69) is 10.6 Å². The first-order valence-corrected chi connectivity index (χ1v) is 11.6. The first-order valence-electron chi connectivity index (χ1n) is 9.79. The van der Waals surface area contributed by atoms with Gasteiger partial charge in [-0.2, -0.15) is 4.31 Å². The number of fused-ring (bicyclic) bond motifs is 1. The molecule has 1 aliphatic heterocycles. The van der Waals surface area contributed by atoms with Crippen LogP contribution in [0.2, 0.25) is 5.02 Å². The van der Waals surface area contributed by atoms with Gasteiger partial charge in [-0.3, -0.25) is 9.59 Å². The Hall–Kier alpha value is -1.84. The predicted molar refractivity (Wildman–Crippen MR) is 110 cm³/mol. The summed E-state index contributed by atoms with van der Waals surface area (Å²) in [4.78, 5) is 23.7. The summed E-state index contributed by atoms with van der Waals surface area (Å²) in [6.07, 6.45) is 7.54. The van der Waals surface area contributed by atoms with Gasteiger partial charge in [0.15, 0.2) is 6.61 Å². The molecule has 2 amide bonds. The Labute approximate surface area is 176 Å². The summed E-state index contributed by atoms with van der Waals surface area (Å²) < 4.78 is 32.1. The van der Waals surface area contributed by atoms with E-state index in [4.69, 9.17) is 16.3 Å². The van der Waals surface area contributed by atoms with E-state index in [1.165, 1.54) is 38.4 Å². The van der Waals surface area contributed by atoms with Gasteiger partial charge in [-0.05, 0) is 18.9 Å². The molecule has 1 fully saturated rings. The van der Waals surface area contributed by atoms with Gasteiger partial charge in [0.1, 0.15) is 10.6 Å². The minimum Gasteiger partial charge on any atom is -0.482 e. The van der Waals surface area contributed by atoms with Crippen LogP contribution in [0.4, 0.5) is 5.69 Å². The molecule has 0 saturated heterocycles. The SMILES string of the molecule is CN(CC(=O)NC1CCCCCCC1)S(=O)(=O)c1cc2c(cc1Cl)NC(=O)CO2. The molecule has 1 aromatic carbocycles. The molecule has 2 aliphatic rings. The van der Waals surface area contributed by atoms with Gasteiger partial charge in [-0.1, -0.05) is 43.7 Å². The van der Waals surface area contributed by atoms with Crippen LogP contribution in [0.3, 0.4) is 0 Å². The molecule has 29 heavy (non-hydrogen) atoms. The molecule has 10 heteroatoms. The topological polar surface area (TPSA) is 105 Å². The summed E-state index contributed by atoms with van der Waals surface area (Å²) in [6.45, 7) is -0.502. The van der Waals surface area contributed by atoms with E-state index in [0.717, 1.165) is 30.0 Å². The third-order valence-electron chi connectivity index (χ3n) is 5.19. The van der Waals surface area contributed by atoms with Crippen molar-refractivity contribution in [2.75, 3.05) is 25.5 Å². The van der Waals surface area contributed by atoms with Crippen LogP contribution in [0.15, 0.2) is 17.0 Å². The minimum absolute atomic E-state index is 0.0539. The Morgan fingerprint density at radius 1 is 1.24 bits per heavy atom.